The minimum absolute atomic E-state index is 0.0612. The Morgan fingerprint density at radius 1 is 0.517 bits per heavy atom. The van der Waals surface area contributed by atoms with Gasteiger partial charge in [-0.1, -0.05) is 104 Å². The molecule has 0 radical (unpaired) electrons. The van der Waals surface area contributed by atoms with E-state index in [1.807, 2.05) is 6.92 Å². The number of carbonyl (C=O) groups excluding carboxylic acids is 8. The molecule has 0 aromatic heterocycles. The van der Waals surface area contributed by atoms with Crippen LogP contribution in [0.5, 0.6) is 0 Å². The molecule has 0 saturated heterocycles. The predicted molar refractivity (Wildman–Crippen MR) is 227 cm³/mol. The van der Waals surface area contributed by atoms with Gasteiger partial charge in [0, 0.05) is 31.2 Å². The van der Waals surface area contributed by atoms with Gasteiger partial charge < -0.3 is 59.3 Å². The average Bonchev–Trinajstić information content (AvgIpc) is 3.21. The molecule has 0 unspecified atom stereocenters. The van der Waals surface area contributed by atoms with Gasteiger partial charge >= 0.3 is 0 Å². The number of carbonyl (C=O) groups is 8. The van der Waals surface area contributed by atoms with Gasteiger partial charge in [0.15, 0.2) is 5.78 Å². The molecule has 0 aromatic carbocycles. The molecule has 19 nitrogen and oxygen atoms in total. The first kappa shape index (κ1) is 55.2. The molecule has 0 aliphatic heterocycles. The van der Waals surface area contributed by atoms with Crippen LogP contribution in [0.15, 0.2) is 11.9 Å². The Bertz CT molecular complexity index is 1360. The molecular formula is C41H75N9O10. The molecule has 0 rings (SSSR count). The molecule has 0 heterocycles. The lowest BCUT2D eigenvalue weighted by Crippen LogP contribution is -2.60. The summed E-state index contributed by atoms with van der Waals surface area (Å²) in [5, 5.41) is 34.1. The molecule has 0 aliphatic carbocycles. The zero-order valence-corrected chi connectivity index (χ0v) is 36.1. The standard InChI is InChI=1S/C41H75N9O10/c1-4-6-8-9-10-11-12-13-14-15-16-17-18-20-36(55)45-25-37(56)46-33(26-51)40(59)48-31(21-22-35(44)54)38(57)49-32(23-29(43)24-42)39(58)50-34(27-52)41(60)47-30(28(3)53)19-7-5-2/h24,30-34,51-52H,4-23,25-27,42-43H2,1-3H3,(H2,44,54)(H,45,55)(H,46,56)(H,47,60)(H,48,59)(H,49,57)(H,50,58)/b29-24-/t30-,31+,32-,33-,34-/m0/s1. The second-order valence-electron chi connectivity index (χ2n) is 15.2. The van der Waals surface area contributed by atoms with E-state index in [2.05, 4.69) is 38.8 Å². The Hall–Kier alpha value is -4.78. The number of aliphatic hydroxyl groups is 2. The maximum absolute atomic E-state index is 13.5. The topological polar surface area (TPSA) is 327 Å². The van der Waals surface area contributed by atoms with Crippen molar-refractivity contribution in [3.8, 4) is 0 Å². The zero-order chi connectivity index (χ0) is 45.3. The number of amides is 7. The van der Waals surface area contributed by atoms with Crippen LogP contribution in [0.2, 0.25) is 0 Å². The van der Waals surface area contributed by atoms with Gasteiger partial charge in [-0.2, -0.15) is 0 Å². The predicted octanol–water partition coefficient (Wildman–Crippen LogP) is 0.186. The Balaban J connectivity index is 5.29. The quantitative estimate of drug-likeness (QED) is 0.0377. The summed E-state index contributed by atoms with van der Waals surface area (Å²) in [5.74, 6) is -6.17. The summed E-state index contributed by atoms with van der Waals surface area (Å²) in [6.45, 7) is 3.18. The van der Waals surface area contributed by atoms with E-state index in [-0.39, 0.29) is 30.2 Å². The van der Waals surface area contributed by atoms with Gasteiger partial charge in [0.25, 0.3) is 0 Å². The smallest absolute Gasteiger partial charge is 0.245 e. The van der Waals surface area contributed by atoms with Gasteiger partial charge in [-0.3, -0.25) is 38.4 Å². The summed E-state index contributed by atoms with van der Waals surface area (Å²) in [6.07, 6.45) is 16.9. The third-order valence-corrected chi connectivity index (χ3v) is 9.86. The lowest BCUT2D eigenvalue weighted by atomic mass is 10.0. The van der Waals surface area contributed by atoms with Crippen LogP contribution in [0.1, 0.15) is 149 Å². The van der Waals surface area contributed by atoms with E-state index in [1.165, 1.54) is 64.7 Å². The number of hydrogen-bond acceptors (Lipinski definition) is 12. The van der Waals surface area contributed by atoms with Crippen LogP contribution in [0.25, 0.3) is 0 Å². The van der Waals surface area contributed by atoms with Gasteiger partial charge in [-0.25, -0.2) is 0 Å². The van der Waals surface area contributed by atoms with Crippen molar-refractivity contribution < 1.29 is 48.6 Å². The van der Waals surface area contributed by atoms with Crippen molar-refractivity contribution >= 4 is 47.1 Å². The van der Waals surface area contributed by atoms with Crippen LogP contribution in [0, 0.1) is 0 Å². The molecule has 0 saturated carbocycles. The van der Waals surface area contributed by atoms with Crippen molar-refractivity contribution in [3.05, 3.63) is 11.9 Å². The number of nitrogens with two attached hydrogens (primary N) is 3. The largest absolute Gasteiger partial charge is 0.403 e. The molecule has 0 fully saturated rings. The highest BCUT2D eigenvalue weighted by atomic mass is 16.3. The number of Topliss-reactive ketones (excluding diaryl/α,β-unsaturated/α-hetero) is 1. The van der Waals surface area contributed by atoms with E-state index in [9.17, 15) is 48.6 Å². The summed E-state index contributed by atoms with van der Waals surface area (Å²) in [7, 11) is 0. The first-order valence-corrected chi connectivity index (χ1v) is 21.6. The molecule has 7 amide bonds. The first-order valence-electron chi connectivity index (χ1n) is 21.6. The molecular weight excluding hydrogens is 779 g/mol. The highest BCUT2D eigenvalue weighted by Gasteiger charge is 2.32. The molecule has 0 spiro atoms. The fourth-order valence-corrected chi connectivity index (χ4v) is 6.15. The molecule has 5 atom stereocenters. The minimum Gasteiger partial charge on any atom is -0.403 e. The van der Waals surface area contributed by atoms with E-state index >= 15 is 0 Å². The van der Waals surface area contributed by atoms with Gasteiger partial charge in [0.2, 0.25) is 41.4 Å². The highest BCUT2D eigenvalue weighted by molar-refractivity contribution is 5.97. The van der Waals surface area contributed by atoms with Gasteiger partial charge in [0.1, 0.15) is 24.2 Å². The fourth-order valence-electron chi connectivity index (χ4n) is 6.15. The molecule has 60 heavy (non-hydrogen) atoms. The Morgan fingerprint density at radius 2 is 0.950 bits per heavy atom. The molecule has 0 aliphatic rings. The number of hydrogen-bond donors (Lipinski definition) is 11. The van der Waals surface area contributed by atoms with E-state index in [4.69, 9.17) is 17.2 Å². The van der Waals surface area contributed by atoms with Crippen LogP contribution in [-0.2, 0) is 38.4 Å². The van der Waals surface area contributed by atoms with Crippen molar-refractivity contribution in [2.24, 2.45) is 17.2 Å². The van der Waals surface area contributed by atoms with Crippen molar-refractivity contribution in [2.75, 3.05) is 19.8 Å². The second-order valence-corrected chi connectivity index (χ2v) is 15.2. The van der Waals surface area contributed by atoms with Crippen LogP contribution in [0.4, 0.5) is 0 Å². The monoisotopic (exact) mass is 854 g/mol. The van der Waals surface area contributed by atoms with Gasteiger partial charge in [0.05, 0.1) is 25.8 Å². The van der Waals surface area contributed by atoms with E-state index in [0.29, 0.717) is 19.3 Å². The number of nitrogens with one attached hydrogen (secondary N) is 6. The summed E-state index contributed by atoms with van der Waals surface area (Å²) >= 11 is 0. The molecule has 14 N–H and O–H groups in total. The van der Waals surface area contributed by atoms with Crippen LogP contribution >= 0.6 is 0 Å². The number of aliphatic hydroxyl groups excluding tert-OH is 2. The average molecular weight is 854 g/mol. The molecule has 0 bridgehead atoms. The number of rotatable bonds is 36. The molecule has 19 heteroatoms. The normalized spacial score (nSPS) is 13.8. The van der Waals surface area contributed by atoms with Crippen molar-refractivity contribution in [3.63, 3.8) is 0 Å². The number of primary amides is 1. The third-order valence-electron chi connectivity index (χ3n) is 9.86. The first-order chi connectivity index (χ1) is 28.6. The van der Waals surface area contributed by atoms with Gasteiger partial charge in [-0.15, -0.1) is 0 Å². The maximum Gasteiger partial charge on any atom is 0.245 e. The van der Waals surface area contributed by atoms with Gasteiger partial charge in [-0.05, 0) is 26.2 Å². The third kappa shape index (κ3) is 26.3. The second kappa shape index (κ2) is 34.0. The minimum atomic E-state index is -1.57. The maximum atomic E-state index is 13.5. The Morgan fingerprint density at radius 3 is 1.43 bits per heavy atom. The lowest BCUT2D eigenvalue weighted by Gasteiger charge is -2.26. The van der Waals surface area contributed by atoms with Crippen LogP contribution in [-0.4, -0.2) is 107 Å². The van der Waals surface area contributed by atoms with Crippen molar-refractivity contribution in [1.82, 2.24) is 31.9 Å². The van der Waals surface area contributed by atoms with Crippen molar-refractivity contribution in [1.29, 1.82) is 0 Å². The van der Waals surface area contributed by atoms with E-state index in [1.54, 1.807) is 0 Å². The van der Waals surface area contributed by atoms with E-state index < -0.39 is 98.3 Å². The Labute approximate surface area is 355 Å². The summed E-state index contributed by atoms with van der Waals surface area (Å²) in [5.41, 5.74) is 16.6. The molecule has 344 valence electrons. The number of ketones is 1. The highest BCUT2D eigenvalue weighted by Crippen LogP contribution is 2.13. The Kier molecular flexibility index (Phi) is 31.3. The van der Waals surface area contributed by atoms with Crippen molar-refractivity contribution in [2.45, 2.75) is 179 Å². The summed E-state index contributed by atoms with van der Waals surface area (Å²) in [4.78, 5) is 102. The lowest BCUT2D eigenvalue weighted by molar-refractivity contribution is -0.136. The number of unbranched alkanes of at least 4 members (excludes halogenated alkanes) is 13. The summed E-state index contributed by atoms with van der Waals surface area (Å²) < 4.78 is 0. The fraction of sp³-hybridized carbons (Fsp3) is 0.756. The van der Waals surface area contributed by atoms with Crippen LogP contribution in [0.3, 0.4) is 0 Å². The van der Waals surface area contributed by atoms with Crippen LogP contribution < -0.4 is 49.1 Å². The zero-order valence-electron chi connectivity index (χ0n) is 36.1. The summed E-state index contributed by atoms with van der Waals surface area (Å²) in [6, 6.07) is -7.04. The van der Waals surface area contributed by atoms with E-state index in [0.717, 1.165) is 31.9 Å². The SMILES string of the molecule is CCCCCCCCCCCCCCCC(=O)NCC(=O)N[C@@H](CO)C(=O)N[C@H](CCC(N)=O)C(=O)N[C@@H](C/C(N)=C/N)C(=O)N[C@@H](CO)C(=O)N[C@@H](CCCC)C(C)=O. The molecule has 0 aromatic rings.